The molecule has 8 nitrogen and oxygen atoms in total. The van der Waals surface area contributed by atoms with E-state index in [1.165, 1.54) is 72.3 Å². The minimum atomic E-state index is -0.434. The maximum atomic E-state index is 6.24. The molecular formula is C92H66BClN6O2. The molecule has 10 heteroatoms. The minimum absolute atomic E-state index is 0. The molecule has 0 fully saturated rings. The SMILES string of the molecule is Clc1ccc(-c2nc(-c3ccccc3)nc(-c3ccccc3)n2)cc1.O.O.[B]c1ccc2c(c1)C(c1ccccc1)(c1ccccc1)c1ccccc1-2.c1ccc(-c2nc(-c3ccccc3)nc(-c3ccc(-c4ccc5c(c4)C(c4ccccc4)(c4ccccc4)c4ccccc4-5)cc3)n2)cc1. The Morgan fingerprint density at radius 3 is 0.775 bits per heavy atom. The van der Waals surface area contributed by atoms with Gasteiger partial charge in [-0.2, -0.15) is 0 Å². The maximum absolute atomic E-state index is 6.24. The van der Waals surface area contributed by atoms with Gasteiger partial charge in [0.1, 0.15) is 7.85 Å². The van der Waals surface area contributed by atoms with Gasteiger partial charge in [0.15, 0.2) is 34.9 Å². The van der Waals surface area contributed by atoms with Gasteiger partial charge in [0.05, 0.1) is 10.8 Å². The normalized spacial score (nSPS) is 12.2. The molecule has 102 heavy (non-hydrogen) atoms. The molecule has 2 aromatic heterocycles. The van der Waals surface area contributed by atoms with Crippen LogP contribution in [0.4, 0.5) is 0 Å². The van der Waals surface area contributed by atoms with E-state index in [1.54, 1.807) is 0 Å². The zero-order chi connectivity index (χ0) is 67.2. The summed E-state index contributed by atoms with van der Waals surface area (Å²) >= 11 is 6.00. The molecule has 0 unspecified atom stereocenters. The summed E-state index contributed by atoms with van der Waals surface area (Å²) in [4.78, 5) is 28.7. The number of aromatic nitrogens is 6. The van der Waals surface area contributed by atoms with E-state index in [2.05, 4.69) is 239 Å². The standard InChI is InChI=1S/C46H31N3.C25H17B.C21H14ClN3.2H2O/c1-5-15-33(16-6-1)43-47-44(34-17-7-2-8-18-34)49-45(48-43)35-27-25-32(26-28-35)36-29-30-40-39-23-13-14-24-41(39)46(42(40)31-36,37-19-9-3-10-20-37)38-21-11-4-12-22-38;26-20-15-16-22-21-13-7-8-14-23(21)25(24(22)17-20,18-9-3-1-4-10-18)19-11-5-2-6-12-19;22-18-13-11-17(12-14-18)21-24-19(15-7-3-1-4-8-15)23-20(25-21)16-9-5-2-6-10-16;;/h1-31H;1-17H;1-14H;2*1H2. The van der Waals surface area contributed by atoms with Crippen LogP contribution in [-0.2, 0) is 10.8 Å². The van der Waals surface area contributed by atoms with Crippen LogP contribution in [0.15, 0.2) is 376 Å². The van der Waals surface area contributed by atoms with Gasteiger partial charge in [-0.1, -0.05) is 363 Å². The highest BCUT2D eigenvalue weighted by Crippen LogP contribution is 2.58. The zero-order valence-corrected chi connectivity index (χ0v) is 56.2. The first-order valence-electron chi connectivity index (χ1n) is 33.5. The van der Waals surface area contributed by atoms with Crippen molar-refractivity contribution in [1.29, 1.82) is 0 Å². The molecule has 2 radical (unpaired) electrons. The first-order chi connectivity index (χ1) is 49.4. The summed E-state index contributed by atoms with van der Waals surface area (Å²) in [7, 11) is 6.24. The van der Waals surface area contributed by atoms with Crippen molar-refractivity contribution >= 4 is 24.9 Å². The second kappa shape index (κ2) is 29.4. The van der Waals surface area contributed by atoms with Crippen molar-refractivity contribution in [3.05, 3.63) is 426 Å². The van der Waals surface area contributed by atoms with Gasteiger partial charge in [-0.15, -0.1) is 0 Å². The van der Waals surface area contributed by atoms with Gasteiger partial charge >= 0.3 is 0 Å². The van der Waals surface area contributed by atoms with Crippen molar-refractivity contribution < 1.29 is 11.0 Å². The van der Waals surface area contributed by atoms with Crippen LogP contribution < -0.4 is 5.46 Å². The molecule has 4 N–H and O–H groups in total. The number of nitrogens with zero attached hydrogens (tertiary/aromatic N) is 6. The van der Waals surface area contributed by atoms with Crippen molar-refractivity contribution in [3.63, 3.8) is 0 Å². The lowest BCUT2D eigenvalue weighted by Crippen LogP contribution is -2.29. The molecule has 2 heterocycles. The van der Waals surface area contributed by atoms with Crippen molar-refractivity contribution in [3.8, 4) is 102 Å². The highest BCUT2D eigenvalue weighted by atomic mass is 35.5. The van der Waals surface area contributed by atoms with Gasteiger partial charge in [-0.3, -0.25) is 0 Å². The smallest absolute Gasteiger partial charge is 0.164 e. The summed E-state index contributed by atoms with van der Waals surface area (Å²) in [5.74, 6) is 3.90. The Morgan fingerprint density at radius 2 is 0.441 bits per heavy atom. The van der Waals surface area contributed by atoms with Crippen LogP contribution >= 0.6 is 11.6 Å². The van der Waals surface area contributed by atoms with E-state index in [0.717, 1.165) is 44.4 Å². The van der Waals surface area contributed by atoms with E-state index in [9.17, 15) is 0 Å². The van der Waals surface area contributed by atoms with E-state index in [-0.39, 0.29) is 16.4 Å². The monoisotopic (exact) mass is 1330 g/mol. The van der Waals surface area contributed by atoms with Crippen molar-refractivity contribution in [2.75, 3.05) is 0 Å². The lowest BCUT2D eigenvalue weighted by atomic mass is 9.67. The van der Waals surface area contributed by atoms with Gasteiger partial charge in [0.2, 0.25) is 0 Å². The largest absolute Gasteiger partial charge is 0.412 e. The minimum Gasteiger partial charge on any atom is -0.412 e. The third-order valence-electron chi connectivity index (χ3n) is 18.9. The summed E-state index contributed by atoms with van der Waals surface area (Å²) in [6.07, 6.45) is 0. The van der Waals surface area contributed by atoms with Crippen molar-refractivity contribution in [1.82, 2.24) is 29.9 Å². The first kappa shape index (κ1) is 66.6. The number of hydrogen-bond acceptors (Lipinski definition) is 6. The predicted molar refractivity (Wildman–Crippen MR) is 416 cm³/mol. The highest BCUT2D eigenvalue weighted by Gasteiger charge is 2.47. The quantitative estimate of drug-likeness (QED) is 0.118. The first-order valence-corrected chi connectivity index (χ1v) is 33.8. The fourth-order valence-corrected chi connectivity index (χ4v) is 14.5. The molecule has 0 saturated carbocycles. The molecule has 0 aliphatic heterocycles. The fraction of sp³-hybridized carbons (Fsp3) is 0.0217. The molecule has 0 saturated heterocycles. The van der Waals surface area contributed by atoms with E-state index in [4.69, 9.17) is 34.4 Å². The lowest BCUT2D eigenvalue weighted by molar-refractivity contribution is 0.769. The number of halogens is 1. The lowest BCUT2D eigenvalue weighted by Gasteiger charge is -2.34. The summed E-state index contributed by atoms with van der Waals surface area (Å²) in [6.45, 7) is 0. The van der Waals surface area contributed by atoms with E-state index in [1.807, 2.05) is 152 Å². The van der Waals surface area contributed by atoms with Gasteiger partial charge in [-0.05, 0) is 108 Å². The third-order valence-corrected chi connectivity index (χ3v) is 19.2. The zero-order valence-electron chi connectivity index (χ0n) is 55.4. The third kappa shape index (κ3) is 12.6. The second-order valence-electron chi connectivity index (χ2n) is 24.8. The molecule has 486 valence electrons. The Labute approximate surface area is 600 Å². The molecule has 0 bridgehead atoms. The van der Waals surface area contributed by atoms with Crippen LogP contribution in [0.25, 0.3) is 102 Å². The Bertz CT molecular complexity index is 5340. The molecule has 0 spiro atoms. The van der Waals surface area contributed by atoms with Gasteiger partial charge in [0.25, 0.3) is 0 Å². The summed E-state index contributed by atoms with van der Waals surface area (Å²) in [6, 6.07) is 130. The molecule has 2 aliphatic rings. The summed E-state index contributed by atoms with van der Waals surface area (Å²) in [5, 5.41) is 0.685. The Balaban J connectivity index is 0.000000141. The average molecular weight is 1330 g/mol. The number of hydrogen-bond donors (Lipinski definition) is 0. The molecule has 16 aromatic rings. The molecule has 0 atom stereocenters. The van der Waals surface area contributed by atoms with E-state index >= 15 is 0 Å². The van der Waals surface area contributed by atoms with Crippen LogP contribution in [0.5, 0.6) is 0 Å². The number of benzene rings is 14. The average Bonchev–Trinajstić information content (AvgIpc) is 1.54. The molecule has 0 amide bonds. The van der Waals surface area contributed by atoms with Crippen molar-refractivity contribution in [2.24, 2.45) is 0 Å². The molecular weight excluding hydrogens is 1270 g/mol. The van der Waals surface area contributed by atoms with Crippen LogP contribution in [0.1, 0.15) is 44.5 Å². The van der Waals surface area contributed by atoms with Crippen LogP contribution in [0.2, 0.25) is 5.02 Å². The summed E-state index contributed by atoms with van der Waals surface area (Å²) < 4.78 is 0. The maximum Gasteiger partial charge on any atom is 0.164 e. The fourth-order valence-electron chi connectivity index (χ4n) is 14.4. The molecule has 2 aliphatic carbocycles. The Morgan fingerprint density at radius 1 is 0.206 bits per heavy atom. The Hall–Kier alpha value is -12.6. The highest BCUT2D eigenvalue weighted by molar-refractivity contribution is 6.32. The van der Waals surface area contributed by atoms with Crippen LogP contribution in [-0.4, -0.2) is 48.7 Å². The summed E-state index contributed by atoms with van der Waals surface area (Å²) in [5.41, 5.74) is 23.4. The van der Waals surface area contributed by atoms with E-state index < -0.39 is 5.41 Å². The van der Waals surface area contributed by atoms with Crippen molar-refractivity contribution in [2.45, 2.75) is 10.8 Å². The number of rotatable bonds is 11. The van der Waals surface area contributed by atoms with Gasteiger partial charge in [-0.25, -0.2) is 29.9 Å². The Kier molecular flexibility index (Phi) is 19.2. The van der Waals surface area contributed by atoms with Crippen LogP contribution in [0, 0.1) is 0 Å². The predicted octanol–water partition coefficient (Wildman–Crippen LogP) is 19.6. The van der Waals surface area contributed by atoms with Gasteiger partial charge < -0.3 is 11.0 Å². The van der Waals surface area contributed by atoms with Crippen LogP contribution in [0.3, 0.4) is 0 Å². The second-order valence-corrected chi connectivity index (χ2v) is 25.2. The van der Waals surface area contributed by atoms with E-state index in [0.29, 0.717) is 40.0 Å². The molecule has 18 rings (SSSR count). The molecule has 14 aromatic carbocycles. The topological polar surface area (TPSA) is 140 Å². The van der Waals surface area contributed by atoms with Gasteiger partial charge in [0, 0.05) is 38.4 Å². The number of fused-ring (bicyclic) bond motifs is 6.